The molecule has 1 N–H and O–H groups in total. The molecule has 0 aromatic rings. The highest BCUT2D eigenvalue weighted by Crippen LogP contribution is 1.69. The monoisotopic (exact) mass is 124 g/mol. The zero-order valence-corrected chi connectivity index (χ0v) is 5.83. The van der Waals surface area contributed by atoms with Crippen LogP contribution in [-0.4, -0.2) is 13.3 Å². The van der Waals surface area contributed by atoms with Gasteiger partial charge in [0.15, 0.2) is 0 Å². The molecule has 9 heavy (non-hydrogen) atoms. The quantitative estimate of drug-likeness (QED) is 0.564. The van der Waals surface area contributed by atoms with E-state index >= 15 is 0 Å². The Morgan fingerprint density at radius 2 is 2.22 bits per heavy atom. The van der Waals surface area contributed by atoms with Crippen molar-refractivity contribution in [2.75, 3.05) is 7.05 Å². The number of nitrogens with zero attached hydrogens (tertiary/aromatic N) is 1. The van der Waals surface area contributed by atoms with E-state index in [1.54, 1.807) is 18.6 Å². The smallest absolute Gasteiger partial charge is 0.0424 e. The number of hydrogen-bond donors (Lipinski definition) is 1. The van der Waals surface area contributed by atoms with Gasteiger partial charge in [0.25, 0.3) is 0 Å². The Bertz CT molecular complexity index is 123. The largest absolute Gasteiger partial charge is 0.393 e. The Morgan fingerprint density at radius 1 is 1.44 bits per heavy atom. The van der Waals surface area contributed by atoms with Crippen LogP contribution in [0.1, 0.15) is 6.92 Å². The van der Waals surface area contributed by atoms with E-state index in [0.29, 0.717) is 0 Å². The summed E-state index contributed by atoms with van der Waals surface area (Å²) in [5.41, 5.74) is 0. The van der Waals surface area contributed by atoms with Gasteiger partial charge in [0.2, 0.25) is 0 Å². The van der Waals surface area contributed by atoms with Gasteiger partial charge in [0.1, 0.15) is 0 Å². The number of hydrogen-bond acceptors (Lipinski definition) is 2. The predicted molar refractivity (Wildman–Crippen MR) is 41.5 cm³/mol. The van der Waals surface area contributed by atoms with Gasteiger partial charge in [-0.1, -0.05) is 6.08 Å². The molecule has 0 aliphatic rings. The summed E-state index contributed by atoms with van der Waals surface area (Å²) in [6.45, 7) is 1.95. The third kappa shape index (κ3) is 6.95. The van der Waals surface area contributed by atoms with Crippen molar-refractivity contribution in [3.05, 3.63) is 24.6 Å². The number of aliphatic imine (C=N–C) groups is 1. The maximum Gasteiger partial charge on any atom is 0.0424 e. The first-order valence-electron chi connectivity index (χ1n) is 2.88. The lowest BCUT2D eigenvalue weighted by molar-refractivity contribution is 1.09. The average molecular weight is 124 g/mol. The van der Waals surface area contributed by atoms with Crippen molar-refractivity contribution < 1.29 is 0 Å². The number of allylic oxidation sites excluding steroid dienone is 2. The summed E-state index contributed by atoms with van der Waals surface area (Å²) in [7, 11) is 1.84. The summed E-state index contributed by atoms with van der Waals surface area (Å²) in [4.78, 5) is 3.90. The van der Waals surface area contributed by atoms with E-state index in [2.05, 4.69) is 10.3 Å². The number of rotatable bonds is 3. The SMILES string of the molecule is C\C=C/C=N\C=C/NC. The summed E-state index contributed by atoms with van der Waals surface area (Å²) >= 11 is 0. The summed E-state index contributed by atoms with van der Waals surface area (Å²) in [6.07, 6.45) is 8.99. The zero-order valence-electron chi connectivity index (χ0n) is 5.83. The maximum atomic E-state index is 3.90. The zero-order chi connectivity index (χ0) is 6.95. The van der Waals surface area contributed by atoms with Gasteiger partial charge >= 0.3 is 0 Å². The van der Waals surface area contributed by atoms with Crippen molar-refractivity contribution in [2.45, 2.75) is 6.92 Å². The second-order valence-corrected chi connectivity index (χ2v) is 1.43. The van der Waals surface area contributed by atoms with Gasteiger partial charge in [0, 0.05) is 25.7 Å². The van der Waals surface area contributed by atoms with Crippen LogP contribution < -0.4 is 5.32 Å². The van der Waals surface area contributed by atoms with Crippen molar-refractivity contribution >= 4 is 6.21 Å². The maximum absolute atomic E-state index is 3.90. The van der Waals surface area contributed by atoms with Gasteiger partial charge in [-0.05, 0) is 13.0 Å². The van der Waals surface area contributed by atoms with Crippen LogP contribution in [0.25, 0.3) is 0 Å². The summed E-state index contributed by atoms with van der Waals surface area (Å²) in [6, 6.07) is 0. The van der Waals surface area contributed by atoms with E-state index in [0.717, 1.165) is 0 Å². The summed E-state index contributed by atoms with van der Waals surface area (Å²) in [5.74, 6) is 0. The van der Waals surface area contributed by atoms with Crippen molar-refractivity contribution in [1.82, 2.24) is 5.32 Å². The highest BCUT2D eigenvalue weighted by atomic mass is 14.8. The van der Waals surface area contributed by atoms with Crippen LogP contribution in [0.3, 0.4) is 0 Å². The van der Waals surface area contributed by atoms with Crippen LogP contribution in [-0.2, 0) is 0 Å². The molecule has 50 valence electrons. The molecule has 0 aliphatic carbocycles. The van der Waals surface area contributed by atoms with Gasteiger partial charge in [0.05, 0.1) is 0 Å². The van der Waals surface area contributed by atoms with Crippen molar-refractivity contribution in [2.24, 2.45) is 4.99 Å². The first kappa shape index (κ1) is 7.95. The molecular weight excluding hydrogens is 112 g/mol. The van der Waals surface area contributed by atoms with Crippen LogP contribution in [0.4, 0.5) is 0 Å². The lowest BCUT2D eigenvalue weighted by Crippen LogP contribution is -1.89. The minimum absolute atomic E-state index is 1.69. The van der Waals surface area contributed by atoms with E-state index < -0.39 is 0 Å². The highest BCUT2D eigenvalue weighted by Gasteiger charge is 1.58. The molecule has 0 aliphatic heterocycles. The molecule has 0 spiro atoms. The molecule has 2 heteroatoms. The fraction of sp³-hybridized carbons (Fsp3) is 0.286. The van der Waals surface area contributed by atoms with Gasteiger partial charge < -0.3 is 5.32 Å². The van der Waals surface area contributed by atoms with Crippen LogP contribution in [0.5, 0.6) is 0 Å². The second kappa shape index (κ2) is 6.95. The van der Waals surface area contributed by atoms with Crippen LogP contribution in [0.2, 0.25) is 0 Å². The highest BCUT2D eigenvalue weighted by molar-refractivity contribution is 5.71. The van der Waals surface area contributed by atoms with E-state index in [4.69, 9.17) is 0 Å². The first-order chi connectivity index (χ1) is 4.41. The first-order valence-corrected chi connectivity index (χ1v) is 2.88. The second-order valence-electron chi connectivity index (χ2n) is 1.43. The topological polar surface area (TPSA) is 24.4 Å². The molecule has 0 aromatic heterocycles. The molecule has 2 nitrogen and oxygen atoms in total. The van der Waals surface area contributed by atoms with Crippen LogP contribution in [0.15, 0.2) is 29.5 Å². The van der Waals surface area contributed by atoms with Crippen LogP contribution >= 0.6 is 0 Å². The minimum Gasteiger partial charge on any atom is -0.393 e. The van der Waals surface area contributed by atoms with Gasteiger partial charge in [-0.3, -0.25) is 4.99 Å². The Morgan fingerprint density at radius 3 is 2.78 bits per heavy atom. The molecule has 0 bridgehead atoms. The van der Waals surface area contributed by atoms with E-state index in [-0.39, 0.29) is 0 Å². The fourth-order valence-electron chi connectivity index (χ4n) is 0.303. The Hall–Kier alpha value is -1.05. The van der Waals surface area contributed by atoms with E-state index in [1.165, 1.54) is 0 Å². The van der Waals surface area contributed by atoms with Crippen molar-refractivity contribution in [3.63, 3.8) is 0 Å². The minimum atomic E-state index is 1.69. The van der Waals surface area contributed by atoms with E-state index in [9.17, 15) is 0 Å². The summed E-state index contributed by atoms with van der Waals surface area (Å²) < 4.78 is 0. The normalized spacial score (nSPS) is 12.2. The molecule has 0 amide bonds. The molecule has 0 aromatic carbocycles. The van der Waals surface area contributed by atoms with Gasteiger partial charge in [-0.15, -0.1) is 0 Å². The van der Waals surface area contributed by atoms with Gasteiger partial charge in [-0.2, -0.15) is 0 Å². The molecule has 0 radical (unpaired) electrons. The predicted octanol–water partition coefficient (Wildman–Crippen LogP) is 1.32. The summed E-state index contributed by atoms with van der Waals surface area (Å²) in [5, 5.41) is 2.83. The molecule has 0 saturated heterocycles. The Labute approximate surface area is 56.0 Å². The Kier molecular flexibility index (Phi) is 6.14. The standard InChI is InChI=1S/C7H12N2/c1-3-4-5-9-7-6-8-2/h3-8H,1-2H3/b4-3-,7-6-,9-5-. The molecule has 0 fully saturated rings. The fourth-order valence-corrected chi connectivity index (χ4v) is 0.303. The lowest BCUT2D eigenvalue weighted by atomic mass is 10.6. The van der Waals surface area contributed by atoms with Gasteiger partial charge in [-0.25, -0.2) is 0 Å². The van der Waals surface area contributed by atoms with E-state index in [1.807, 2.05) is 26.1 Å². The lowest BCUT2D eigenvalue weighted by Gasteiger charge is -1.78. The van der Waals surface area contributed by atoms with Crippen molar-refractivity contribution in [1.29, 1.82) is 0 Å². The molecule has 0 unspecified atom stereocenters. The average Bonchev–Trinajstić information content (AvgIpc) is 1.89. The van der Waals surface area contributed by atoms with Crippen molar-refractivity contribution in [3.8, 4) is 0 Å². The molecular formula is C7H12N2. The number of nitrogens with one attached hydrogen (secondary N) is 1. The third-order valence-electron chi connectivity index (χ3n) is 0.692. The Balaban J connectivity index is 3.35. The molecule has 0 atom stereocenters. The molecule has 0 rings (SSSR count). The van der Waals surface area contributed by atoms with Crippen LogP contribution in [0, 0.1) is 0 Å². The molecule has 0 heterocycles. The third-order valence-corrected chi connectivity index (χ3v) is 0.692. The molecule has 0 saturated carbocycles.